The van der Waals surface area contributed by atoms with E-state index in [0.29, 0.717) is 31.9 Å². The molecule has 1 unspecified atom stereocenters. The van der Waals surface area contributed by atoms with Crippen LogP contribution in [0.3, 0.4) is 0 Å². The van der Waals surface area contributed by atoms with Crippen LogP contribution in [0.15, 0.2) is 54.7 Å². The smallest absolute Gasteiger partial charge is 0.410 e. The maximum absolute atomic E-state index is 15.0. The fraction of sp³-hybridized carbons (Fsp3) is 0.486. The molecule has 1 aliphatic rings. The third-order valence-electron chi connectivity index (χ3n) is 7.70. The van der Waals surface area contributed by atoms with E-state index < -0.39 is 53.3 Å². The number of ether oxygens (including phenoxy) is 2. The molecule has 2 heterocycles. The highest BCUT2D eigenvalue weighted by Crippen LogP contribution is 2.40. The topological polar surface area (TPSA) is 94.0 Å². The summed E-state index contributed by atoms with van der Waals surface area (Å²) < 4.78 is 41.9. The maximum atomic E-state index is 15.0. The van der Waals surface area contributed by atoms with Crippen LogP contribution in [-0.2, 0) is 25.6 Å². The van der Waals surface area contributed by atoms with Crippen LogP contribution in [0.25, 0.3) is 11.3 Å². The van der Waals surface area contributed by atoms with Crippen molar-refractivity contribution in [1.82, 2.24) is 19.4 Å². The lowest BCUT2D eigenvalue weighted by Crippen LogP contribution is -2.47. The number of imidazole rings is 1. The molecule has 0 saturated carbocycles. The highest BCUT2D eigenvalue weighted by molar-refractivity contribution is 5.80. The third kappa shape index (κ3) is 8.92. The second-order valence-corrected chi connectivity index (χ2v) is 13.9. The Kier molecular flexibility index (Phi) is 10.5. The molecule has 0 spiro atoms. The number of hydrogen-bond acceptors (Lipinski definition) is 6. The maximum Gasteiger partial charge on any atom is 0.410 e. The number of amides is 2. The van der Waals surface area contributed by atoms with Gasteiger partial charge in [0.25, 0.3) is 5.91 Å². The van der Waals surface area contributed by atoms with Crippen LogP contribution in [0, 0.1) is 23.0 Å². The lowest BCUT2D eigenvalue weighted by atomic mass is 9.84. The van der Waals surface area contributed by atoms with Crippen LogP contribution < -0.4 is 0 Å². The molecular formula is C35H44F2N4O5. The molecular weight excluding hydrogens is 594 g/mol. The Hall–Kier alpha value is -4.28. The molecule has 9 nitrogen and oxygen atoms in total. The van der Waals surface area contributed by atoms with Gasteiger partial charge in [0, 0.05) is 44.9 Å². The number of carbonyl (C=O) groups excluding carboxylic acids is 3. The van der Waals surface area contributed by atoms with Crippen molar-refractivity contribution in [3.05, 3.63) is 77.8 Å². The summed E-state index contributed by atoms with van der Waals surface area (Å²) in [5.41, 5.74) is -0.0920. The van der Waals surface area contributed by atoms with Gasteiger partial charge in [0.2, 0.25) is 0 Å². The van der Waals surface area contributed by atoms with E-state index in [1.165, 1.54) is 6.92 Å². The molecule has 0 radical (unpaired) electrons. The van der Waals surface area contributed by atoms with Gasteiger partial charge in [0.15, 0.2) is 6.61 Å². The van der Waals surface area contributed by atoms with E-state index >= 15 is 4.39 Å². The van der Waals surface area contributed by atoms with E-state index in [1.807, 2.05) is 76.4 Å². The summed E-state index contributed by atoms with van der Waals surface area (Å²) in [4.78, 5) is 46.7. The van der Waals surface area contributed by atoms with Gasteiger partial charge >= 0.3 is 12.1 Å². The zero-order valence-electron chi connectivity index (χ0n) is 27.7. The van der Waals surface area contributed by atoms with Crippen molar-refractivity contribution < 1.29 is 32.6 Å². The van der Waals surface area contributed by atoms with Gasteiger partial charge < -0.3 is 23.8 Å². The average molecular weight is 639 g/mol. The normalized spacial score (nSPS) is 15.8. The first-order valence-electron chi connectivity index (χ1n) is 15.5. The van der Waals surface area contributed by atoms with Gasteiger partial charge in [-0.15, -0.1) is 0 Å². The molecule has 1 aromatic heterocycles. The summed E-state index contributed by atoms with van der Waals surface area (Å²) in [7, 11) is 0. The van der Waals surface area contributed by atoms with Gasteiger partial charge in [-0.2, -0.15) is 0 Å². The van der Waals surface area contributed by atoms with Crippen LogP contribution >= 0.6 is 0 Å². The number of esters is 1. The van der Waals surface area contributed by atoms with E-state index in [1.54, 1.807) is 16.0 Å². The number of nitrogens with zero attached hydrogens (tertiary/aromatic N) is 4. The lowest BCUT2D eigenvalue weighted by molar-refractivity contribution is -0.153. The molecule has 2 amide bonds. The van der Waals surface area contributed by atoms with Crippen LogP contribution in [-0.4, -0.2) is 69.2 Å². The molecule has 1 saturated heterocycles. The number of aromatic nitrogens is 2. The van der Waals surface area contributed by atoms with Crippen molar-refractivity contribution in [2.45, 2.75) is 73.1 Å². The summed E-state index contributed by atoms with van der Waals surface area (Å²) in [5, 5.41) is 0. The number of benzene rings is 2. The highest BCUT2D eigenvalue weighted by Gasteiger charge is 2.41. The Morgan fingerprint density at radius 1 is 1.04 bits per heavy atom. The minimum absolute atomic E-state index is 0.00214. The van der Waals surface area contributed by atoms with E-state index in [2.05, 4.69) is 0 Å². The van der Waals surface area contributed by atoms with Crippen LogP contribution in [0.2, 0.25) is 0 Å². The van der Waals surface area contributed by atoms with E-state index in [0.717, 1.165) is 23.8 Å². The summed E-state index contributed by atoms with van der Waals surface area (Å²) in [6.45, 7) is 13.5. The van der Waals surface area contributed by atoms with Crippen molar-refractivity contribution in [2.24, 2.45) is 11.3 Å². The zero-order chi connectivity index (χ0) is 33.8. The van der Waals surface area contributed by atoms with E-state index in [-0.39, 0.29) is 23.7 Å². The first-order valence-corrected chi connectivity index (χ1v) is 15.5. The summed E-state index contributed by atoms with van der Waals surface area (Å²) in [6.07, 6.45) is 1.89. The number of hydrogen-bond donors (Lipinski definition) is 0. The first kappa shape index (κ1) is 34.6. The Balaban J connectivity index is 1.78. The molecule has 0 bridgehead atoms. The number of carbonyl (C=O) groups is 3. The standard InChI is InChI=1S/C35H44F2N4O5/c1-23(42)45-22-30(43)41(20-25-15-16-39(19-25)33(44)46-35(5,6)7)31(34(2,3)4)32-38-29(27-17-26(36)13-14-28(27)37)21-40(32)18-24-11-9-8-10-12-24/h8-14,17,21,25,31H,15-16,18-20,22H2,1-7H3/t25?,31-/m0/s1. The molecule has 46 heavy (non-hydrogen) atoms. The molecule has 0 N–H and O–H groups in total. The zero-order valence-corrected chi connectivity index (χ0v) is 27.7. The van der Waals surface area contributed by atoms with Crippen LogP contribution in [0.4, 0.5) is 13.6 Å². The molecule has 4 rings (SSSR count). The van der Waals surface area contributed by atoms with E-state index in [4.69, 9.17) is 14.5 Å². The van der Waals surface area contributed by atoms with Gasteiger partial charge in [-0.05, 0) is 62.3 Å². The Morgan fingerprint density at radius 3 is 2.37 bits per heavy atom. The van der Waals surface area contributed by atoms with Crippen LogP contribution in [0.1, 0.15) is 72.3 Å². The van der Waals surface area contributed by atoms with Crippen molar-refractivity contribution in [3.63, 3.8) is 0 Å². The molecule has 3 aromatic rings. The molecule has 2 aromatic carbocycles. The number of halogens is 2. The van der Waals surface area contributed by atoms with Gasteiger partial charge in [0.1, 0.15) is 23.1 Å². The predicted octanol–water partition coefficient (Wildman–Crippen LogP) is 6.61. The molecule has 1 fully saturated rings. The molecule has 1 aliphatic heterocycles. The highest BCUT2D eigenvalue weighted by atomic mass is 19.1. The Labute approximate surface area is 269 Å². The van der Waals surface area contributed by atoms with E-state index in [9.17, 15) is 18.8 Å². The van der Waals surface area contributed by atoms with Crippen molar-refractivity contribution in [1.29, 1.82) is 0 Å². The minimum atomic E-state index is -0.680. The van der Waals surface area contributed by atoms with Gasteiger partial charge in [-0.25, -0.2) is 18.6 Å². The minimum Gasteiger partial charge on any atom is -0.456 e. The fourth-order valence-corrected chi connectivity index (χ4v) is 5.72. The fourth-order valence-electron chi connectivity index (χ4n) is 5.72. The first-order chi connectivity index (χ1) is 21.5. The second kappa shape index (κ2) is 14.0. The lowest BCUT2D eigenvalue weighted by Gasteiger charge is -2.41. The predicted molar refractivity (Wildman–Crippen MR) is 170 cm³/mol. The van der Waals surface area contributed by atoms with Gasteiger partial charge in [0.05, 0.1) is 11.7 Å². The monoisotopic (exact) mass is 638 g/mol. The molecule has 0 aliphatic carbocycles. The number of rotatable bonds is 9. The van der Waals surface area contributed by atoms with Crippen molar-refractivity contribution >= 4 is 18.0 Å². The van der Waals surface area contributed by atoms with Gasteiger partial charge in [-0.1, -0.05) is 51.1 Å². The van der Waals surface area contributed by atoms with Crippen molar-refractivity contribution in [3.8, 4) is 11.3 Å². The Morgan fingerprint density at radius 2 is 1.74 bits per heavy atom. The second-order valence-electron chi connectivity index (χ2n) is 13.9. The SMILES string of the molecule is CC(=O)OCC(=O)N(CC1CCN(C(=O)OC(C)(C)C)C1)[C@@H](c1nc(-c2cc(F)ccc2F)cn1Cc1ccccc1)C(C)(C)C. The average Bonchev–Trinajstić information content (AvgIpc) is 3.59. The Bertz CT molecular complexity index is 1540. The quantitative estimate of drug-likeness (QED) is 0.245. The van der Waals surface area contributed by atoms with Crippen molar-refractivity contribution in [2.75, 3.05) is 26.2 Å². The molecule has 11 heteroatoms. The number of likely N-dealkylation sites (tertiary alicyclic amines) is 1. The third-order valence-corrected chi connectivity index (χ3v) is 7.70. The van der Waals surface area contributed by atoms with Crippen LogP contribution in [0.5, 0.6) is 0 Å². The summed E-state index contributed by atoms with van der Waals surface area (Å²) >= 11 is 0. The summed E-state index contributed by atoms with van der Waals surface area (Å²) in [5.74, 6) is -1.88. The largest absolute Gasteiger partial charge is 0.456 e. The summed E-state index contributed by atoms with van der Waals surface area (Å²) in [6, 6.07) is 12.2. The molecule has 248 valence electrons. The van der Waals surface area contributed by atoms with Gasteiger partial charge in [-0.3, -0.25) is 9.59 Å². The molecule has 2 atom stereocenters.